The number of alkyl carbamates (subject to hydrolysis) is 1. The molecule has 0 saturated carbocycles. The number of thioether (sulfide) groups is 1. The van der Waals surface area contributed by atoms with Crippen LogP contribution >= 0.6 is 11.8 Å². The predicted octanol–water partition coefficient (Wildman–Crippen LogP) is 2.91. The Kier molecular flexibility index (Phi) is 6.90. The molecule has 2 aromatic carbocycles. The molecule has 1 saturated heterocycles. The Hall–Kier alpha value is -3.04. The number of nitrogens with zero attached hydrogens (tertiary/aromatic N) is 1. The molecule has 2 aromatic rings. The van der Waals surface area contributed by atoms with E-state index in [0.717, 1.165) is 22.3 Å². The van der Waals surface area contributed by atoms with Crippen LogP contribution in [-0.2, 0) is 19.1 Å². The van der Waals surface area contributed by atoms with E-state index < -0.39 is 36.2 Å². The molecule has 0 bridgehead atoms. The molecule has 2 N–H and O–H groups in total. The molecule has 1 aliphatic heterocycles. The molecular formula is C24H26N2O6S. The zero-order valence-corrected chi connectivity index (χ0v) is 19.2. The number of hydrogen-bond donors (Lipinski definition) is 2. The van der Waals surface area contributed by atoms with Gasteiger partial charge in [0.25, 0.3) is 0 Å². The molecular weight excluding hydrogens is 444 g/mol. The molecule has 2 amide bonds. The third-order valence-electron chi connectivity index (χ3n) is 6.17. The molecule has 9 heteroatoms. The maximum atomic E-state index is 13.1. The Morgan fingerprint density at radius 2 is 1.73 bits per heavy atom. The molecule has 0 radical (unpaired) electrons. The number of hydrogen-bond acceptors (Lipinski definition) is 6. The molecule has 1 unspecified atom stereocenters. The fourth-order valence-corrected chi connectivity index (χ4v) is 5.48. The van der Waals surface area contributed by atoms with Gasteiger partial charge in [0.05, 0.1) is 12.0 Å². The topological polar surface area (TPSA) is 105 Å². The first-order chi connectivity index (χ1) is 15.9. The van der Waals surface area contributed by atoms with E-state index in [1.165, 1.54) is 23.8 Å². The number of carbonyl (C=O) groups is 3. The number of ether oxygens (including phenoxy) is 2. The second-order valence-corrected chi connectivity index (χ2v) is 9.05. The second-order valence-electron chi connectivity index (χ2n) is 8.05. The van der Waals surface area contributed by atoms with Crippen molar-refractivity contribution in [3.8, 4) is 11.1 Å². The summed E-state index contributed by atoms with van der Waals surface area (Å²) in [6.45, 7) is 1.75. The number of carboxylic acids is 1. The molecule has 1 fully saturated rings. The summed E-state index contributed by atoms with van der Waals surface area (Å²) in [6.07, 6.45) is -1.42. The van der Waals surface area contributed by atoms with Gasteiger partial charge in [-0.2, -0.15) is 0 Å². The quantitative estimate of drug-likeness (QED) is 0.641. The largest absolute Gasteiger partial charge is 0.480 e. The smallest absolute Gasteiger partial charge is 0.407 e. The number of aliphatic carboxylic acids is 1. The van der Waals surface area contributed by atoms with Gasteiger partial charge in [0.2, 0.25) is 5.91 Å². The fourth-order valence-electron chi connectivity index (χ4n) is 4.33. The first-order valence-electron chi connectivity index (χ1n) is 10.7. The van der Waals surface area contributed by atoms with Crippen molar-refractivity contribution in [3.05, 3.63) is 59.7 Å². The van der Waals surface area contributed by atoms with Crippen molar-refractivity contribution in [1.82, 2.24) is 10.2 Å². The zero-order valence-electron chi connectivity index (χ0n) is 18.4. The van der Waals surface area contributed by atoms with E-state index in [9.17, 15) is 19.5 Å². The summed E-state index contributed by atoms with van der Waals surface area (Å²) < 4.78 is 10.8. The number of fused-ring (bicyclic) bond motifs is 3. The molecule has 4 rings (SSSR count). The van der Waals surface area contributed by atoms with Gasteiger partial charge >= 0.3 is 12.1 Å². The van der Waals surface area contributed by atoms with Crippen molar-refractivity contribution >= 4 is 29.7 Å². The van der Waals surface area contributed by atoms with Crippen LogP contribution < -0.4 is 5.32 Å². The lowest BCUT2D eigenvalue weighted by molar-refractivity contribution is -0.149. The maximum absolute atomic E-state index is 13.1. The third-order valence-corrected chi connectivity index (χ3v) is 7.19. The normalized spacial score (nSPS) is 18.8. The van der Waals surface area contributed by atoms with E-state index in [4.69, 9.17) is 9.47 Å². The van der Waals surface area contributed by atoms with Gasteiger partial charge in [0.1, 0.15) is 18.7 Å². The van der Waals surface area contributed by atoms with Gasteiger partial charge in [0, 0.05) is 18.8 Å². The number of rotatable bonds is 7. The highest BCUT2D eigenvalue weighted by atomic mass is 32.2. The molecule has 1 aliphatic carbocycles. The molecule has 2 aliphatic rings. The summed E-state index contributed by atoms with van der Waals surface area (Å²) in [7, 11) is 1.43. The van der Waals surface area contributed by atoms with Crippen LogP contribution in [0.15, 0.2) is 48.5 Å². The highest BCUT2D eigenvalue weighted by Gasteiger charge is 2.40. The molecule has 8 nitrogen and oxygen atoms in total. The number of nitrogens with one attached hydrogen (secondary N) is 1. The summed E-state index contributed by atoms with van der Waals surface area (Å²) in [6, 6.07) is 14.0. The molecule has 3 atom stereocenters. The van der Waals surface area contributed by atoms with Crippen molar-refractivity contribution in [2.45, 2.75) is 31.0 Å². The molecule has 0 aromatic heterocycles. The van der Waals surface area contributed by atoms with Gasteiger partial charge in [-0.3, -0.25) is 4.79 Å². The van der Waals surface area contributed by atoms with Crippen molar-refractivity contribution in [1.29, 1.82) is 0 Å². The van der Waals surface area contributed by atoms with Gasteiger partial charge in [-0.15, -0.1) is 11.8 Å². The van der Waals surface area contributed by atoms with Crippen LogP contribution in [0.25, 0.3) is 11.1 Å². The number of amides is 2. The van der Waals surface area contributed by atoms with Crippen molar-refractivity contribution < 1.29 is 29.0 Å². The Labute approximate surface area is 196 Å². The zero-order chi connectivity index (χ0) is 23.5. The number of benzene rings is 2. The summed E-state index contributed by atoms with van der Waals surface area (Å²) >= 11 is 1.36. The Morgan fingerprint density at radius 1 is 1.12 bits per heavy atom. The van der Waals surface area contributed by atoms with Gasteiger partial charge in [-0.25, -0.2) is 9.59 Å². The summed E-state index contributed by atoms with van der Waals surface area (Å²) in [5.74, 6) is -1.13. The lowest BCUT2D eigenvalue weighted by Gasteiger charge is -2.29. The van der Waals surface area contributed by atoms with E-state index in [0.29, 0.717) is 5.75 Å². The predicted molar refractivity (Wildman–Crippen MR) is 124 cm³/mol. The van der Waals surface area contributed by atoms with Gasteiger partial charge < -0.3 is 24.8 Å². The first-order valence-corrected chi connectivity index (χ1v) is 11.8. The molecule has 33 heavy (non-hydrogen) atoms. The molecule has 174 valence electrons. The van der Waals surface area contributed by atoms with Crippen molar-refractivity contribution in [3.63, 3.8) is 0 Å². The summed E-state index contributed by atoms with van der Waals surface area (Å²) in [5.41, 5.74) is 4.41. The molecule has 1 heterocycles. The minimum absolute atomic E-state index is 0.108. The summed E-state index contributed by atoms with van der Waals surface area (Å²) in [4.78, 5) is 38.6. The van der Waals surface area contributed by atoms with Crippen LogP contribution in [0.5, 0.6) is 0 Å². The van der Waals surface area contributed by atoms with Crippen LogP contribution in [0, 0.1) is 0 Å². The van der Waals surface area contributed by atoms with E-state index in [1.807, 2.05) is 36.4 Å². The Bertz CT molecular complexity index is 1020. The Balaban J connectivity index is 1.46. The van der Waals surface area contributed by atoms with Crippen molar-refractivity contribution in [2.24, 2.45) is 0 Å². The second kappa shape index (κ2) is 9.84. The SMILES string of the molecule is CO[C@H](C)[C@H](NC(=O)OCC1c2ccccc2-c2ccccc21)C(=O)N1CSCC1C(=O)O. The van der Waals surface area contributed by atoms with Crippen LogP contribution in [0.1, 0.15) is 24.0 Å². The van der Waals surface area contributed by atoms with Gasteiger partial charge in [-0.1, -0.05) is 48.5 Å². The lowest BCUT2D eigenvalue weighted by Crippen LogP contribution is -2.56. The highest BCUT2D eigenvalue weighted by molar-refractivity contribution is 7.99. The van der Waals surface area contributed by atoms with Crippen LogP contribution in [0.4, 0.5) is 4.79 Å². The van der Waals surface area contributed by atoms with Crippen LogP contribution in [0.2, 0.25) is 0 Å². The van der Waals surface area contributed by atoms with Crippen LogP contribution in [0.3, 0.4) is 0 Å². The van der Waals surface area contributed by atoms with Crippen molar-refractivity contribution in [2.75, 3.05) is 25.3 Å². The lowest BCUT2D eigenvalue weighted by atomic mass is 9.98. The van der Waals surface area contributed by atoms with E-state index in [2.05, 4.69) is 17.4 Å². The number of carboxylic acid groups (broad SMARTS) is 1. The number of methoxy groups -OCH3 is 1. The summed E-state index contributed by atoms with van der Waals surface area (Å²) in [5, 5.41) is 12.0. The monoisotopic (exact) mass is 470 g/mol. The molecule has 0 spiro atoms. The van der Waals surface area contributed by atoms with Gasteiger partial charge in [0.15, 0.2) is 0 Å². The minimum atomic E-state index is -1.07. The Morgan fingerprint density at radius 3 is 2.30 bits per heavy atom. The minimum Gasteiger partial charge on any atom is -0.480 e. The highest BCUT2D eigenvalue weighted by Crippen LogP contribution is 2.44. The maximum Gasteiger partial charge on any atom is 0.407 e. The third kappa shape index (κ3) is 4.56. The fraction of sp³-hybridized carbons (Fsp3) is 0.375. The number of carbonyl (C=O) groups excluding carboxylic acids is 2. The first kappa shape index (κ1) is 23.1. The van der Waals surface area contributed by atoms with Crippen LogP contribution in [-0.4, -0.2) is 71.5 Å². The standard InChI is InChI=1S/C24H26N2O6S/c1-14(31-2)21(22(27)26-13-33-12-20(26)23(28)29)25-24(30)32-11-19-17-9-5-3-7-15(17)16-8-4-6-10-18(16)19/h3-10,14,19-21H,11-13H2,1-2H3,(H,25,30)(H,28,29)/t14-,20?,21+/m1/s1. The van der Waals surface area contributed by atoms with E-state index in [-0.39, 0.29) is 18.4 Å². The average Bonchev–Trinajstić information content (AvgIpc) is 3.44. The van der Waals surface area contributed by atoms with Gasteiger partial charge in [-0.05, 0) is 29.2 Å². The van der Waals surface area contributed by atoms with E-state index in [1.54, 1.807) is 6.92 Å². The van der Waals surface area contributed by atoms with E-state index >= 15 is 0 Å². The average molecular weight is 471 g/mol.